The zero-order valence-corrected chi connectivity index (χ0v) is 9.10. The summed E-state index contributed by atoms with van der Waals surface area (Å²) in [4.78, 5) is 4.41. The molecule has 2 N–H and O–H groups in total. The largest absolute Gasteiger partial charge is 0.398 e. The molecule has 0 amide bonds. The maximum atomic E-state index is 5.85. The summed E-state index contributed by atoms with van der Waals surface area (Å²) >= 11 is 0. The molecular formula is C12H13N3O. The molecule has 82 valence electrons. The molecule has 0 bridgehead atoms. The van der Waals surface area contributed by atoms with Crippen molar-refractivity contribution in [1.82, 2.24) is 10.1 Å². The second kappa shape index (κ2) is 3.33. The molecule has 0 atom stereocenters. The van der Waals surface area contributed by atoms with Crippen molar-refractivity contribution in [2.75, 3.05) is 5.73 Å². The minimum Gasteiger partial charge on any atom is -0.398 e. The lowest BCUT2D eigenvalue weighted by molar-refractivity contribution is 0.380. The third-order valence-electron chi connectivity index (χ3n) is 2.98. The van der Waals surface area contributed by atoms with Crippen molar-refractivity contribution in [3.05, 3.63) is 29.7 Å². The molecule has 1 aliphatic rings. The van der Waals surface area contributed by atoms with Crippen LogP contribution >= 0.6 is 0 Å². The van der Waals surface area contributed by atoms with Crippen molar-refractivity contribution < 1.29 is 4.52 Å². The second-order valence-corrected chi connectivity index (χ2v) is 4.25. The number of benzene rings is 1. The topological polar surface area (TPSA) is 64.9 Å². The molecule has 0 aliphatic heterocycles. The van der Waals surface area contributed by atoms with E-state index in [1.54, 1.807) is 0 Å². The first-order valence-corrected chi connectivity index (χ1v) is 5.45. The summed E-state index contributed by atoms with van der Waals surface area (Å²) < 4.78 is 5.24. The first-order chi connectivity index (χ1) is 7.75. The molecule has 1 aromatic carbocycles. The lowest BCUT2D eigenvalue weighted by Gasteiger charge is -2.03. The molecule has 1 fully saturated rings. The fraction of sp³-hybridized carbons (Fsp3) is 0.333. The quantitative estimate of drug-likeness (QED) is 0.782. The van der Waals surface area contributed by atoms with Crippen molar-refractivity contribution in [3.8, 4) is 11.4 Å². The van der Waals surface area contributed by atoms with Gasteiger partial charge in [0.1, 0.15) is 0 Å². The highest BCUT2D eigenvalue weighted by Gasteiger charge is 2.29. The molecule has 3 rings (SSSR count). The normalized spacial score (nSPS) is 15.3. The van der Waals surface area contributed by atoms with Crippen molar-refractivity contribution in [2.24, 2.45) is 0 Å². The van der Waals surface area contributed by atoms with Gasteiger partial charge in [-0.05, 0) is 31.4 Å². The van der Waals surface area contributed by atoms with Gasteiger partial charge in [0.2, 0.25) is 11.7 Å². The number of hydrogen-bond donors (Lipinski definition) is 1. The lowest BCUT2D eigenvalue weighted by Crippen LogP contribution is -1.93. The smallest absolute Gasteiger partial charge is 0.230 e. The van der Waals surface area contributed by atoms with Crippen molar-refractivity contribution >= 4 is 5.69 Å². The molecule has 1 aromatic heterocycles. The Balaban J connectivity index is 2.03. The van der Waals surface area contributed by atoms with Crippen LogP contribution in [0.2, 0.25) is 0 Å². The Morgan fingerprint density at radius 3 is 2.94 bits per heavy atom. The van der Waals surface area contributed by atoms with Crippen LogP contribution in [0.4, 0.5) is 5.69 Å². The van der Waals surface area contributed by atoms with Crippen LogP contribution in [0.1, 0.15) is 30.2 Å². The molecule has 0 spiro atoms. The van der Waals surface area contributed by atoms with Crippen LogP contribution in [0.15, 0.2) is 22.7 Å². The van der Waals surface area contributed by atoms with Crippen molar-refractivity contribution in [1.29, 1.82) is 0 Å². The standard InChI is InChI=1S/C12H13N3O/c1-7-9(3-2-4-10(7)13)11-14-12(16-15-11)8-5-6-8/h2-4,8H,5-6,13H2,1H3. The molecule has 16 heavy (non-hydrogen) atoms. The molecule has 4 nitrogen and oxygen atoms in total. The average molecular weight is 215 g/mol. The van der Waals surface area contributed by atoms with E-state index >= 15 is 0 Å². The van der Waals surface area contributed by atoms with Gasteiger partial charge in [-0.2, -0.15) is 4.98 Å². The van der Waals surface area contributed by atoms with Crippen LogP contribution in [0.3, 0.4) is 0 Å². The number of aromatic nitrogens is 2. The number of hydrogen-bond acceptors (Lipinski definition) is 4. The number of rotatable bonds is 2. The Bertz CT molecular complexity index is 529. The predicted molar refractivity (Wildman–Crippen MR) is 60.9 cm³/mol. The Labute approximate surface area is 93.5 Å². The van der Waals surface area contributed by atoms with Crippen LogP contribution in [0, 0.1) is 6.92 Å². The highest BCUT2D eigenvalue weighted by Crippen LogP contribution is 2.39. The summed E-state index contributed by atoms with van der Waals surface area (Å²) in [7, 11) is 0. The molecule has 0 unspecified atom stereocenters. The van der Waals surface area contributed by atoms with Gasteiger partial charge in [0.15, 0.2) is 0 Å². The molecule has 2 aromatic rings. The first-order valence-electron chi connectivity index (χ1n) is 5.45. The number of nitrogens with zero attached hydrogens (tertiary/aromatic N) is 2. The van der Waals surface area contributed by atoms with E-state index in [-0.39, 0.29) is 0 Å². The van der Waals surface area contributed by atoms with Crippen LogP contribution in [0.5, 0.6) is 0 Å². The summed E-state index contributed by atoms with van der Waals surface area (Å²) in [6.45, 7) is 1.97. The molecule has 1 heterocycles. The summed E-state index contributed by atoms with van der Waals surface area (Å²) in [6, 6.07) is 5.75. The van der Waals surface area contributed by atoms with Gasteiger partial charge >= 0.3 is 0 Å². The molecule has 0 radical (unpaired) electrons. The van der Waals surface area contributed by atoms with Gasteiger partial charge in [-0.3, -0.25) is 0 Å². The van der Waals surface area contributed by atoms with E-state index in [2.05, 4.69) is 10.1 Å². The number of nitrogen functional groups attached to an aromatic ring is 1. The highest BCUT2D eigenvalue weighted by molar-refractivity contribution is 5.67. The molecular weight excluding hydrogens is 202 g/mol. The average Bonchev–Trinajstić information content (AvgIpc) is 3.02. The maximum absolute atomic E-state index is 5.85. The van der Waals surface area contributed by atoms with Crippen LogP contribution in [-0.4, -0.2) is 10.1 Å². The van der Waals surface area contributed by atoms with E-state index in [4.69, 9.17) is 10.3 Å². The predicted octanol–water partition coefficient (Wildman–Crippen LogP) is 2.50. The summed E-state index contributed by atoms with van der Waals surface area (Å²) in [5.41, 5.74) is 8.57. The molecule has 1 aliphatic carbocycles. The van der Waals surface area contributed by atoms with E-state index in [0.29, 0.717) is 11.7 Å². The van der Waals surface area contributed by atoms with Crippen LogP contribution in [0.25, 0.3) is 11.4 Å². The van der Waals surface area contributed by atoms with Gasteiger partial charge in [0.05, 0.1) is 0 Å². The van der Waals surface area contributed by atoms with Crippen LogP contribution in [-0.2, 0) is 0 Å². The first kappa shape index (κ1) is 9.39. The number of anilines is 1. The fourth-order valence-electron chi connectivity index (χ4n) is 1.74. The monoisotopic (exact) mass is 215 g/mol. The second-order valence-electron chi connectivity index (χ2n) is 4.25. The number of nitrogens with two attached hydrogens (primary N) is 1. The minimum absolute atomic E-state index is 0.489. The maximum Gasteiger partial charge on any atom is 0.230 e. The zero-order valence-electron chi connectivity index (χ0n) is 9.10. The van der Waals surface area contributed by atoms with Crippen molar-refractivity contribution in [3.63, 3.8) is 0 Å². The fourth-order valence-corrected chi connectivity index (χ4v) is 1.74. The van der Waals surface area contributed by atoms with Gasteiger partial charge in [-0.1, -0.05) is 17.3 Å². The van der Waals surface area contributed by atoms with Gasteiger partial charge in [0, 0.05) is 17.2 Å². The lowest BCUT2D eigenvalue weighted by atomic mass is 10.1. The van der Waals surface area contributed by atoms with E-state index < -0.39 is 0 Å². The SMILES string of the molecule is Cc1c(N)cccc1-c1noc(C2CC2)n1. The third kappa shape index (κ3) is 1.46. The summed E-state index contributed by atoms with van der Waals surface area (Å²) in [5, 5.41) is 4.01. The van der Waals surface area contributed by atoms with E-state index in [1.165, 1.54) is 0 Å². The van der Waals surface area contributed by atoms with E-state index in [0.717, 1.165) is 35.5 Å². The molecule has 4 heteroatoms. The summed E-state index contributed by atoms with van der Waals surface area (Å²) in [5.74, 6) is 1.89. The van der Waals surface area contributed by atoms with Gasteiger partial charge < -0.3 is 10.3 Å². The Hall–Kier alpha value is -1.84. The van der Waals surface area contributed by atoms with Crippen LogP contribution < -0.4 is 5.73 Å². The van der Waals surface area contributed by atoms with E-state index in [9.17, 15) is 0 Å². The highest BCUT2D eigenvalue weighted by atomic mass is 16.5. The Morgan fingerprint density at radius 2 is 2.19 bits per heavy atom. The minimum atomic E-state index is 0.489. The van der Waals surface area contributed by atoms with E-state index in [1.807, 2.05) is 25.1 Å². The van der Waals surface area contributed by atoms with Gasteiger partial charge in [-0.25, -0.2) is 0 Å². The Morgan fingerprint density at radius 1 is 1.38 bits per heavy atom. The van der Waals surface area contributed by atoms with Gasteiger partial charge in [0.25, 0.3) is 0 Å². The molecule has 1 saturated carbocycles. The zero-order chi connectivity index (χ0) is 11.1. The van der Waals surface area contributed by atoms with Crippen molar-refractivity contribution in [2.45, 2.75) is 25.7 Å². The molecule has 0 saturated heterocycles. The van der Waals surface area contributed by atoms with Gasteiger partial charge in [-0.15, -0.1) is 0 Å². The third-order valence-corrected chi connectivity index (χ3v) is 2.98. The Kier molecular flexibility index (Phi) is 1.96. The summed E-state index contributed by atoms with van der Waals surface area (Å²) in [6.07, 6.45) is 2.33.